The van der Waals surface area contributed by atoms with E-state index in [0.29, 0.717) is 0 Å². The van der Waals surface area contributed by atoms with Crippen molar-refractivity contribution in [1.82, 2.24) is 0 Å². The molecule has 0 radical (unpaired) electrons. The van der Waals surface area contributed by atoms with Crippen molar-refractivity contribution < 1.29 is 10.1 Å². The fraction of sp³-hybridized carbons (Fsp3) is 1.00. The van der Waals surface area contributed by atoms with Gasteiger partial charge in [0.05, 0.1) is 7.11 Å². The second kappa shape index (κ2) is 2.94. The summed E-state index contributed by atoms with van der Waals surface area (Å²) in [6.45, 7) is 0. The molecule has 4 aliphatic rings. The minimum absolute atomic E-state index is 0.0521. The molecule has 1 N–H and O–H groups in total. The molecule has 4 fully saturated rings. The number of quaternary nitrogens is 1. The van der Waals surface area contributed by atoms with Gasteiger partial charge in [-0.3, -0.25) is 0 Å². The molecule has 0 spiro atoms. The van der Waals surface area contributed by atoms with E-state index in [4.69, 9.17) is 4.84 Å². The van der Waals surface area contributed by atoms with Crippen LogP contribution in [0.15, 0.2) is 0 Å². The molecule has 3 heteroatoms. The molecule has 1 unspecified atom stereocenters. The van der Waals surface area contributed by atoms with Gasteiger partial charge in [0.1, 0.15) is 5.54 Å². The van der Waals surface area contributed by atoms with Crippen LogP contribution in [0, 0.1) is 23.0 Å². The van der Waals surface area contributed by atoms with Crippen molar-refractivity contribution in [2.24, 2.45) is 17.8 Å². The van der Waals surface area contributed by atoms with Gasteiger partial charge in [-0.05, 0) is 37.0 Å². The zero-order valence-corrected chi connectivity index (χ0v) is 8.79. The molecule has 4 saturated carbocycles. The van der Waals surface area contributed by atoms with Gasteiger partial charge in [-0.25, -0.2) is 10.1 Å². The molecule has 0 heterocycles. The average molecular weight is 197 g/mol. The van der Waals surface area contributed by atoms with Crippen LogP contribution >= 0.6 is 0 Å². The topological polar surface area (TPSA) is 36.7 Å². The van der Waals surface area contributed by atoms with Crippen molar-refractivity contribution >= 4 is 0 Å². The zero-order chi connectivity index (χ0) is 9.76. The number of hydrogen-bond donors (Lipinski definition) is 1. The molecule has 14 heavy (non-hydrogen) atoms. The highest BCUT2D eigenvalue weighted by atomic mass is 16.9. The molecule has 3 nitrogen and oxygen atoms in total. The van der Waals surface area contributed by atoms with Crippen LogP contribution in [0.4, 0.5) is 0 Å². The highest BCUT2D eigenvalue weighted by Crippen LogP contribution is 2.54. The first-order chi connectivity index (χ1) is 6.72. The van der Waals surface area contributed by atoms with Crippen LogP contribution in [0.2, 0.25) is 0 Å². The van der Waals surface area contributed by atoms with E-state index in [0.717, 1.165) is 37.0 Å². The number of nitrogens with one attached hydrogen (secondary N) is 1. The van der Waals surface area contributed by atoms with E-state index in [1.807, 2.05) is 0 Å². The van der Waals surface area contributed by atoms with Crippen molar-refractivity contribution in [3.63, 3.8) is 0 Å². The lowest BCUT2D eigenvalue weighted by Gasteiger charge is -2.57. The third-order valence-corrected chi connectivity index (χ3v) is 4.66. The molecule has 0 aromatic heterocycles. The fourth-order valence-corrected chi connectivity index (χ4v) is 4.58. The first-order valence-corrected chi connectivity index (χ1v) is 5.80. The largest absolute Gasteiger partial charge is 0.599 e. The number of rotatable bonds is 2. The Morgan fingerprint density at radius 2 is 1.50 bits per heavy atom. The van der Waals surface area contributed by atoms with Crippen LogP contribution < -0.4 is 5.23 Å². The van der Waals surface area contributed by atoms with Crippen LogP contribution in [-0.2, 0) is 4.84 Å². The summed E-state index contributed by atoms with van der Waals surface area (Å²) in [4.78, 5) is 5.00. The first kappa shape index (κ1) is 9.13. The number of hydroxylamine groups is 2. The summed E-state index contributed by atoms with van der Waals surface area (Å²) in [5.74, 6) is 2.50. The monoisotopic (exact) mass is 197 g/mol. The van der Waals surface area contributed by atoms with E-state index >= 15 is 0 Å². The summed E-state index contributed by atoms with van der Waals surface area (Å²) in [6.07, 6.45) is 7.51. The normalized spacial score (nSPS) is 52.3. The molecule has 0 amide bonds. The zero-order valence-electron chi connectivity index (χ0n) is 8.79. The third kappa shape index (κ3) is 1.16. The van der Waals surface area contributed by atoms with E-state index in [-0.39, 0.29) is 10.8 Å². The van der Waals surface area contributed by atoms with Gasteiger partial charge >= 0.3 is 0 Å². The molecule has 0 aromatic rings. The van der Waals surface area contributed by atoms with E-state index < -0.39 is 0 Å². The molecule has 1 atom stereocenters. The lowest BCUT2D eigenvalue weighted by atomic mass is 9.53. The molecule has 80 valence electrons. The third-order valence-electron chi connectivity index (χ3n) is 4.66. The van der Waals surface area contributed by atoms with Crippen molar-refractivity contribution in [2.75, 3.05) is 7.11 Å². The van der Waals surface area contributed by atoms with Gasteiger partial charge in [0.25, 0.3) is 0 Å². The molecular formula is C11H19NO2. The minimum Gasteiger partial charge on any atom is -0.599 e. The first-order valence-electron chi connectivity index (χ1n) is 5.80. The second-order valence-electron chi connectivity index (χ2n) is 5.69. The lowest BCUT2D eigenvalue weighted by Crippen LogP contribution is -3.16. The Labute approximate surface area is 84.9 Å². The van der Waals surface area contributed by atoms with Crippen LogP contribution in [0.3, 0.4) is 0 Å². The molecule has 4 bridgehead atoms. The van der Waals surface area contributed by atoms with Crippen LogP contribution in [0.1, 0.15) is 38.5 Å². The number of hydrogen-bond acceptors (Lipinski definition) is 2. The highest BCUT2D eigenvalue weighted by Gasteiger charge is 2.55. The predicted octanol–water partition coefficient (Wildman–Crippen LogP) is 0.899. The van der Waals surface area contributed by atoms with E-state index in [1.54, 1.807) is 7.11 Å². The van der Waals surface area contributed by atoms with Crippen molar-refractivity contribution in [3.8, 4) is 0 Å². The van der Waals surface area contributed by atoms with E-state index in [9.17, 15) is 5.21 Å². The molecule has 0 aliphatic heterocycles. The fourth-order valence-electron chi connectivity index (χ4n) is 4.58. The highest BCUT2D eigenvalue weighted by molar-refractivity contribution is 5.01. The Morgan fingerprint density at radius 1 is 1.07 bits per heavy atom. The SMILES string of the molecule is CO[NH+]([O-])C12CC3CC(CC(C3)C1)C2. The average Bonchev–Trinajstić information content (AvgIpc) is 2.14. The van der Waals surface area contributed by atoms with Gasteiger partial charge in [-0.15, -0.1) is 0 Å². The Kier molecular flexibility index (Phi) is 1.92. The quantitative estimate of drug-likeness (QED) is 0.668. The van der Waals surface area contributed by atoms with Gasteiger partial charge < -0.3 is 5.21 Å². The predicted molar refractivity (Wildman–Crippen MR) is 52.2 cm³/mol. The van der Waals surface area contributed by atoms with E-state index in [1.165, 1.54) is 19.3 Å². The maximum Gasteiger partial charge on any atom is 0.128 e. The Morgan fingerprint density at radius 3 is 1.86 bits per heavy atom. The molecular weight excluding hydrogens is 178 g/mol. The summed E-state index contributed by atoms with van der Waals surface area (Å²) in [7, 11) is 1.54. The Hall–Kier alpha value is -0.120. The maximum atomic E-state index is 11.8. The smallest absolute Gasteiger partial charge is 0.128 e. The summed E-state index contributed by atoms with van der Waals surface area (Å²) < 4.78 is 0. The van der Waals surface area contributed by atoms with Gasteiger partial charge in [-0.2, -0.15) is 0 Å². The van der Waals surface area contributed by atoms with Crippen molar-refractivity contribution in [1.29, 1.82) is 0 Å². The molecule has 4 rings (SSSR count). The van der Waals surface area contributed by atoms with Crippen molar-refractivity contribution in [3.05, 3.63) is 5.21 Å². The Balaban J connectivity index is 1.87. The van der Waals surface area contributed by atoms with Crippen molar-refractivity contribution in [2.45, 2.75) is 44.1 Å². The standard InChI is InChI=1S/C11H19NO2/c1-14-12(13)11-5-8-2-9(6-11)4-10(3-8)7-11/h8-10,12H,2-7H2,1H3. The summed E-state index contributed by atoms with van der Waals surface area (Å²) in [5.41, 5.74) is -0.0521. The maximum absolute atomic E-state index is 11.8. The second-order valence-corrected chi connectivity index (χ2v) is 5.69. The van der Waals surface area contributed by atoms with Gasteiger partial charge in [0.15, 0.2) is 0 Å². The van der Waals surface area contributed by atoms with Gasteiger partial charge in [0.2, 0.25) is 0 Å². The van der Waals surface area contributed by atoms with Gasteiger partial charge in [-0.1, -0.05) is 0 Å². The van der Waals surface area contributed by atoms with Crippen LogP contribution in [-0.4, -0.2) is 12.6 Å². The summed E-state index contributed by atoms with van der Waals surface area (Å²) in [6, 6.07) is 0. The molecule has 0 aromatic carbocycles. The Bertz CT molecular complexity index is 206. The summed E-state index contributed by atoms with van der Waals surface area (Å²) >= 11 is 0. The van der Waals surface area contributed by atoms with Crippen LogP contribution in [0.5, 0.6) is 0 Å². The summed E-state index contributed by atoms with van der Waals surface area (Å²) in [5, 5.41) is 11.9. The minimum atomic E-state index is -0.0521. The lowest BCUT2D eigenvalue weighted by molar-refractivity contribution is -1.09. The van der Waals surface area contributed by atoms with E-state index in [2.05, 4.69) is 0 Å². The molecule has 0 saturated heterocycles. The van der Waals surface area contributed by atoms with Crippen LogP contribution in [0.25, 0.3) is 0 Å². The van der Waals surface area contributed by atoms with Gasteiger partial charge in [0, 0.05) is 19.3 Å². The molecule has 4 aliphatic carbocycles.